The summed E-state index contributed by atoms with van der Waals surface area (Å²) < 4.78 is 0. The number of aromatic nitrogens is 1. The fourth-order valence-electron chi connectivity index (χ4n) is 2.12. The molecule has 100 valence electrons. The molecule has 2 aromatic rings. The average Bonchev–Trinajstić information content (AvgIpc) is 2.50. The van der Waals surface area contributed by atoms with Gasteiger partial charge in [-0.1, -0.05) is 37.3 Å². The van der Waals surface area contributed by atoms with Gasteiger partial charge in [0.2, 0.25) is 0 Å². The maximum atomic E-state index is 9.39. The number of rotatable bonds is 6. The van der Waals surface area contributed by atoms with E-state index < -0.39 is 0 Å². The highest BCUT2D eigenvalue weighted by Gasteiger charge is 2.17. The third kappa shape index (κ3) is 3.63. The van der Waals surface area contributed by atoms with Crippen LogP contribution in [0.1, 0.15) is 30.5 Å². The number of hydrogen-bond acceptors (Lipinski definition) is 3. The zero-order valence-corrected chi connectivity index (χ0v) is 11.2. The van der Waals surface area contributed by atoms with Crippen molar-refractivity contribution in [1.82, 2.24) is 10.3 Å². The highest BCUT2D eigenvalue weighted by Crippen LogP contribution is 2.22. The summed E-state index contributed by atoms with van der Waals surface area (Å²) in [5, 5.41) is 12.9. The minimum absolute atomic E-state index is 0.0845. The van der Waals surface area contributed by atoms with Crippen LogP contribution < -0.4 is 5.32 Å². The van der Waals surface area contributed by atoms with E-state index in [-0.39, 0.29) is 18.7 Å². The lowest BCUT2D eigenvalue weighted by Gasteiger charge is -2.24. The highest BCUT2D eigenvalue weighted by atomic mass is 16.3. The summed E-state index contributed by atoms with van der Waals surface area (Å²) in [4.78, 5) is 4.06. The number of benzene rings is 1. The van der Waals surface area contributed by atoms with Crippen LogP contribution in [0.25, 0.3) is 0 Å². The van der Waals surface area contributed by atoms with Crippen molar-refractivity contribution in [2.75, 3.05) is 6.61 Å². The van der Waals surface area contributed by atoms with Gasteiger partial charge < -0.3 is 10.4 Å². The van der Waals surface area contributed by atoms with E-state index in [9.17, 15) is 5.11 Å². The van der Waals surface area contributed by atoms with Crippen LogP contribution in [0.3, 0.4) is 0 Å². The molecule has 0 amide bonds. The van der Waals surface area contributed by atoms with Crippen LogP contribution in [0.4, 0.5) is 0 Å². The molecule has 0 aliphatic rings. The van der Waals surface area contributed by atoms with Gasteiger partial charge in [0.15, 0.2) is 0 Å². The van der Waals surface area contributed by atoms with Gasteiger partial charge in [0.05, 0.1) is 12.6 Å². The second-order valence-electron chi connectivity index (χ2n) is 4.58. The molecule has 3 heteroatoms. The molecule has 19 heavy (non-hydrogen) atoms. The Morgan fingerprint density at radius 1 is 1.05 bits per heavy atom. The molecule has 0 saturated carbocycles. The molecule has 2 N–H and O–H groups in total. The topological polar surface area (TPSA) is 45.1 Å². The van der Waals surface area contributed by atoms with Crippen LogP contribution in [-0.4, -0.2) is 22.7 Å². The number of nitrogens with one attached hydrogen (secondary N) is 1. The summed E-state index contributed by atoms with van der Waals surface area (Å²) >= 11 is 0. The van der Waals surface area contributed by atoms with Gasteiger partial charge in [0.1, 0.15) is 0 Å². The zero-order chi connectivity index (χ0) is 13.5. The Bertz CT molecular complexity index is 429. The highest BCUT2D eigenvalue weighted by molar-refractivity contribution is 5.30. The van der Waals surface area contributed by atoms with Crippen molar-refractivity contribution in [2.24, 2.45) is 0 Å². The predicted molar refractivity (Wildman–Crippen MR) is 76.8 cm³/mol. The van der Waals surface area contributed by atoms with E-state index in [1.54, 1.807) is 12.4 Å². The number of nitrogens with zero attached hydrogens (tertiary/aromatic N) is 1. The summed E-state index contributed by atoms with van der Waals surface area (Å²) in [5.41, 5.74) is 2.36. The van der Waals surface area contributed by atoms with E-state index in [2.05, 4.69) is 29.4 Å². The standard InChI is InChI=1S/C16H20N2O/c1-2-15(12-19)18-16(13-6-4-3-5-7-13)14-8-10-17-11-9-14/h3-11,15-16,18-19H,2,12H2,1H3/t15-,16?/m1/s1. The summed E-state index contributed by atoms with van der Waals surface area (Å²) in [6.45, 7) is 2.22. The first-order chi connectivity index (χ1) is 9.35. The number of aliphatic hydroxyl groups is 1. The number of aliphatic hydroxyl groups excluding tert-OH is 1. The van der Waals surface area contributed by atoms with Gasteiger partial charge in [-0.25, -0.2) is 0 Å². The van der Waals surface area contributed by atoms with Gasteiger partial charge in [0.25, 0.3) is 0 Å². The lowest BCUT2D eigenvalue weighted by molar-refractivity contribution is 0.232. The maximum absolute atomic E-state index is 9.39. The van der Waals surface area contributed by atoms with Crippen LogP contribution in [-0.2, 0) is 0 Å². The lowest BCUT2D eigenvalue weighted by Crippen LogP contribution is -2.35. The molecule has 0 saturated heterocycles. The monoisotopic (exact) mass is 256 g/mol. The minimum Gasteiger partial charge on any atom is -0.395 e. The van der Waals surface area contributed by atoms with Crippen molar-refractivity contribution in [3.8, 4) is 0 Å². The van der Waals surface area contributed by atoms with Gasteiger partial charge in [-0.05, 0) is 29.7 Å². The predicted octanol–water partition coefficient (Wildman–Crippen LogP) is 2.53. The Kier molecular flexibility index (Phi) is 5.07. The van der Waals surface area contributed by atoms with Crippen molar-refractivity contribution in [3.63, 3.8) is 0 Å². The molecule has 1 heterocycles. The minimum atomic E-state index is 0.0845. The smallest absolute Gasteiger partial charge is 0.0584 e. The van der Waals surface area contributed by atoms with E-state index in [0.29, 0.717) is 0 Å². The van der Waals surface area contributed by atoms with Crippen molar-refractivity contribution in [1.29, 1.82) is 0 Å². The van der Waals surface area contributed by atoms with Gasteiger partial charge in [0, 0.05) is 18.4 Å². The first kappa shape index (κ1) is 13.7. The molecular weight excluding hydrogens is 236 g/mol. The van der Waals surface area contributed by atoms with Crippen LogP contribution >= 0.6 is 0 Å². The van der Waals surface area contributed by atoms with Crippen LogP contribution in [0.5, 0.6) is 0 Å². The van der Waals surface area contributed by atoms with E-state index in [1.165, 1.54) is 5.56 Å². The molecule has 1 aromatic heterocycles. The molecule has 3 nitrogen and oxygen atoms in total. The Balaban J connectivity index is 2.29. The summed E-state index contributed by atoms with van der Waals surface area (Å²) in [5.74, 6) is 0. The van der Waals surface area contributed by atoms with Crippen molar-refractivity contribution >= 4 is 0 Å². The van der Waals surface area contributed by atoms with E-state index in [1.807, 2.05) is 30.3 Å². The third-order valence-corrected chi connectivity index (χ3v) is 3.29. The summed E-state index contributed by atoms with van der Waals surface area (Å²) in [6, 6.07) is 14.5. The third-order valence-electron chi connectivity index (χ3n) is 3.29. The Labute approximate surface area is 114 Å². The molecule has 0 fully saturated rings. The quantitative estimate of drug-likeness (QED) is 0.835. The van der Waals surface area contributed by atoms with Gasteiger partial charge in [-0.15, -0.1) is 0 Å². The number of pyridine rings is 1. The van der Waals surface area contributed by atoms with Crippen molar-refractivity contribution in [2.45, 2.75) is 25.4 Å². The maximum Gasteiger partial charge on any atom is 0.0584 e. The lowest BCUT2D eigenvalue weighted by atomic mass is 9.98. The fourth-order valence-corrected chi connectivity index (χ4v) is 2.12. The molecule has 2 atom stereocenters. The molecule has 0 bridgehead atoms. The molecule has 0 aliphatic heterocycles. The fraction of sp³-hybridized carbons (Fsp3) is 0.312. The second-order valence-corrected chi connectivity index (χ2v) is 4.58. The molecule has 2 rings (SSSR count). The molecule has 0 aliphatic carbocycles. The van der Waals surface area contributed by atoms with Gasteiger partial charge >= 0.3 is 0 Å². The average molecular weight is 256 g/mol. The Morgan fingerprint density at radius 3 is 2.26 bits per heavy atom. The molecule has 0 radical (unpaired) electrons. The van der Waals surface area contributed by atoms with E-state index in [0.717, 1.165) is 12.0 Å². The van der Waals surface area contributed by atoms with Crippen LogP contribution in [0.2, 0.25) is 0 Å². The Morgan fingerprint density at radius 2 is 1.68 bits per heavy atom. The number of hydrogen-bond donors (Lipinski definition) is 2. The summed E-state index contributed by atoms with van der Waals surface area (Å²) in [6.07, 6.45) is 4.49. The SMILES string of the molecule is CC[C@H](CO)NC(c1ccccc1)c1ccncc1. The zero-order valence-electron chi connectivity index (χ0n) is 11.2. The molecular formula is C16H20N2O. The van der Waals surface area contributed by atoms with Gasteiger partial charge in [-0.2, -0.15) is 0 Å². The van der Waals surface area contributed by atoms with Crippen molar-refractivity contribution < 1.29 is 5.11 Å². The first-order valence-electron chi connectivity index (χ1n) is 6.67. The van der Waals surface area contributed by atoms with Crippen molar-refractivity contribution in [3.05, 3.63) is 66.0 Å². The molecule has 1 unspecified atom stereocenters. The summed E-state index contributed by atoms with van der Waals surface area (Å²) in [7, 11) is 0. The van der Waals surface area contributed by atoms with E-state index >= 15 is 0 Å². The molecule has 0 spiro atoms. The second kappa shape index (κ2) is 7.02. The van der Waals surface area contributed by atoms with Crippen LogP contribution in [0, 0.1) is 0 Å². The Hall–Kier alpha value is -1.71. The first-order valence-corrected chi connectivity index (χ1v) is 6.67. The largest absolute Gasteiger partial charge is 0.395 e. The van der Waals surface area contributed by atoms with E-state index in [4.69, 9.17) is 0 Å². The van der Waals surface area contributed by atoms with Crippen LogP contribution in [0.15, 0.2) is 54.9 Å². The molecule has 1 aromatic carbocycles. The van der Waals surface area contributed by atoms with Gasteiger partial charge in [-0.3, -0.25) is 4.98 Å². The normalized spacial score (nSPS) is 14.0.